The van der Waals surface area contributed by atoms with Gasteiger partial charge in [-0.25, -0.2) is 5.14 Å². The fourth-order valence-corrected chi connectivity index (χ4v) is 0. The van der Waals surface area contributed by atoms with Crippen LogP contribution in [0.1, 0.15) is 0 Å². The first kappa shape index (κ1) is 16.2. The summed E-state index contributed by atoms with van der Waals surface area (Å²) in [5.74, 6) is 0. The molecule has 4 nitrogen and oxygen atoms in total. The van der Waals surface area contributed by atoms with Crippen molar-refractivity contribution in [1.82, 2.24) is 0 Å². The van der Waals surface area contributed by atoms with Gasteiger partial charge < -0.3 is 0 Å². The molecule has 0 amide bonds. The molecule has 0 atom stereocenters. The van der Waals surface area contributed by atoms with Gasteiger partial charge in [0.15, 0.2) is 0 Å². The molecule has 0 fully saturated rings. The molecule has 0 aliphatic rings. The summed E-state index contributed by atoms with van der Waals surface area (Å²) in [4.78, 5) is 0. The second-order valence-electron chi connectivity index (χ2n) is 0.515. The molecule has 0 aromatic rings. The molecule has 0 bridgehead atoms. The van der Waals surface area contributed by atoms with Crippen LogP contribution < -0.4 is 5.14 Å². The summed E-state index contributed by atoms with van der Waals surface area (Å²) in [5, 5.41) is 3.88. The van der Waals surface area contributed by atoms with E-state index in [2.05, 4.69) is 5.14 Å². The molecule has 0 unspecified atom stereocenters. The number of hydrogen-bond donors (Lipinski definition) is 2. The topological polar surface area (TPSA) is 80.4 Å². The number of hydrogen-bond acceptors (Lipinski definition) is 2. The maximum atomic E-state index is 8.97. The van der Waals surface area contributed by atoms with Gasteiger partial charge in [-0.15, -0.1) is 0 Å². The Bertz CT molecular complexity index is 96.1. The van der Waals surface area contributed by atoms with Gasteiger partial charge in [0.05, 0.1) is 0 Å². The van der Waals surface area contributed by atoms with E-state index in [0.29, 0.717) is 0 Å². The Morgan fingerprint density at radius 1 is 1.29 bits per heavy atom. The molecule has 0 saturated heterocycles. The van der Waals surface area contributed by atoms with Crippen LogP contribution >= 0.6 is 0 Å². The van der Waals surface area contributed by atoms with E-state index in [1.165, 1.54) is 0 Å². The molecule has 40 valence electrons. The summed E-state index contributed by atoms with van der Waals surface area (Å²) in [6.07, 6.45) is 0. The Morgan fingerprint density at radius 2 is 1.29 bits per heavy atom. The third-order valence-electron chi connectivity index (χ3n) is 0. The molecule has 0 radical (unpaired) electrons. The van der Waals surface area contributed by atoms with Gasteiger partial charge in [-0.3, -0.25) is 4.55 Å². The van der Waals surface area contributed by atoms with Crippen LogP contribution in [0.5, 0.6) is 0 Å². The minimum atomic E-state index is -4.17. The zero-order valence-corrected chi connectivity index (χ0v) is 3.07. The van der Waals surface area contributed by atoms with Gasteiger partial charge in [-0.2, -0.15) is 8.42 Å². The van der Waals surface area contributed by atoms with Crippen LogP contribution in [-0.2, 0) is 10.3 Å². The third kappa shape index (κ3) is 60.0. The van der Waals surface area contributed by atoms with E-state index in [1.54, 1.807) is 0 Å². The van der Waals surface area contributed by atoms with Crippen molar-refractivity contribution in [2.45, 2.75) is 0 Å². The molecule has 0 aromatic carbocycles. The van der Waals surface area contributed by atoms with Crippen molar-refractivity contribution in [3.63, 3.8) is 0 Å². The molecule has 0 spiro atoms. The van der Waals surface area contributed by atoms with Crippen LogP contribution in [0.4, 0.5) is 0 Å². The summed E-state index contributed by atoms with van der Waals surface area (Å²) >= 11 is 0. The molecule has 3 N–H and O–H groups in total. The average Bonchev–Trinajstić information content (AvgIpc) is 0.722. The van der Waals surface area contributed by atoms with Crippen molar-refractivity contribution in [3.05, 3.63) is 0 Å². The van der Waals surface area contributed by atoms with Gasteiger partial charge >= 0.3 is 85.8 Å². The normalized spacial score (nSPS) is 8.29. The first-order valence-corrected chi connectivity index (χ1v) is 2.25. The average molecular weight is 181 g/mol. The van der Waals surface area contributed by atoms with Gasteiger partial charge in [0, 0.05) is 0 Å². The van der Waals surface area contributed by atoms with Crippen molar-refractivity contribution < 1.29 is 13.0 Å². The molecular formula is H7Ca2NO3S. The van der Waals surface area contributed by atoms with Crippen molar-refractivity contribution in [2.75, 3.05) is 0 Å². The Labute approximate surface area is 102 Å². The van der Waals surface area contributed by atoms with E-state index >= 15 is 0 Å². The molecule has 7 heteroatoms. The van der Waals surface area contributed by atoms with Gasteiger partial charge in [0.1, 0.15) is 0 Å². The molecule has 0 aromatic heterocycles. The molecule has 7 heavy (non-hydrogen) atoms. The first-order valence-electron chi connectivity index (χ1n) is 0.752. The van der Waals surface area contributed by atoms with Crippen molar-refractivity contribution in [2.24, 2.45) is 5.14 Å². The van der Waals surface area contributed by atoms with E-state index < -0.39 is 10.3 Å². The Kier molecular flexibility index (Phi) is 15.1. The van der Waals surface area contributed by atoms with Crippen molar-refractivity contribution in [3.8, 4) is 0 Å². The monoisotopic (exact) mass is 181 g/mol. The Hall–Kier alpha value is 2.39. The zero-order valence-electron chi connectivity index (χ0n) is 2.25. The molecule has 0 aliphatic heterocycles. The number of rotatable bonds is 0. The van der Waals surface area contributed by atoms with E-state index in [1.807, 2.05) is 0 Å². The first-order chi connectivity index (χ1) is 2.00. The van der Waals surface area contributed by atoms with Crippen LogP contribution in [0.25, 0.3) is 0 Å². The van der Waals surface area contributed by atoms with E-state index in [-0.39, 0.29) is 75.5 Å². The SMILES string of the molecule is NS(=O)(=O)O.[CaH2].[CaH2]. The van der Waals surface area contributed by atoms with Gasteiger partial charge in [-0.05, 0) is 0 Å². The fourth-order valence-electron chi connectivity index (χ4n) is 0. The second kappa shape index (κ2) is 6.51. The van der Waals surface area contributed by atoms with Gasteiger partial charge in [0.2, 0.25) is 0 Å². The van der Waals surface area contributed by atoms with Crippen LogP contribution in [0.15, 0.2) is 0 Å². The third-order valence-corrected chi connectivity index (χ3v) is 0. The Morgan fingerprint density at radius 3 is 1.29 bits per heavy atom. The summed E-state index contributed by atoms with van der Waals surface area (Å²) < 4.78 is 25.2. The predicted molar refractivity (Wildman–Crippen MR) is 32.8 cm³/mol. The predicted octanol–water partition coefficient (Wildman–Crippen LogP) is -3.08. The van der Waals surface area contributed by atoms with Crippen LogP contribution in [0, 0.1) is 0 Å². The minimum absolute atomic E-state index is 0. The molecule has 0 aliphatic carbocycles. The summed E-state index contributed by atoms with van der Waals surface area (Å²) in [7, 11) is -4.17. The summed E-state index contributed by atoms with van der Waals surface area (Å²) in [5.41, 5.74) is 0. The van der Waals surface area contributed by atoms with Crippen LogP contribution in [0.3, 0.4) is 0 Å². The molecular weight excluding hydrogens is 174 g/mol. The number of nitrogens with two attached hydrogens (primary N) is 1. The van der Waals surface area contributed by atoms with Gasteiger partial charge in [-0.1, -0.05) is 0 Å². The zero-order chi connectivity index (χ0) is 4.50. The van der Waals surface area contributed by atoms with E-state index in [0.717, 1.165) is 0 Å². The van der Waals surface area contributed by atoms with E-state index in [4.69, 9.17) is 13.0 Å². The molecule has 0 rings (SSSR count). The molecule has 0 saturated carbocycles. The fraction of sp³-hybridized carbons (Fsp3) is 0. The second-order valence-corrected chi connectivity index (χ2v) is 1.54. The van der Waals surface area contributed by atoms with Crippen molar-refractivity contribution in [1.29, 1.82) is 0 Å². The standard InChI is InChI=1S/2Ca.H3NO3S.4H/c;;1-5(2,3)4;;;;/h;;(H3,1,2,3,4);;;;. The molecule has 0 heterocycles. The summed E-state index contributed by atoms with van der Waals surface area (Å²) in [6.45, 7) is 0. The van der Waals surface area contributed by atoms with Crippen LogP contribution in [0.2, 0.25) is 0 Å². The van der Waals surface area contributed by atoms with E-state index in [9.17, 15) is 0 Å². The van der Waals surface area contributed by atoms with Gasteiger partial charge in [0.25, 0.3) is 0 Å². The summed E-state index contributed by atoms with van der Waals surface area (Å²) in [6, 6.07) is 0. The van der Waals surface area contributed by atoms with Crippen LogP contribution in [-0.4, -0.2) is 88.4 Å². The van der Waals surface area contributed by atoms with Crippen molar-refractivity contribution >= 4 is 85.8 Å². The maximum absolute atomic E-state index is 8.97. The Balaban J connectivity index is -0.0000000800. The quantitative estimate of drug-likeness (QED) is 0.307.